The number of benzene rings is 1. The second-order valence-electron chi connectivity index (χ2n) is 3.93. The number of aromatic nitrogens is 2. The molecule has 0 bridgehead atoms. The summed E-state index contributed by atoms with van der Waals surface area (Å²) in [5.41, 5.74) is -0.108. The van der Waals surface area contributed by atoms with Gasteiger partial charge in [0, 0.05) is 0 Å². The first-order valence-corrected chi connectivity index (χ1v) is 7.13. The predicted octanol–water partition coefficient (Wildman–Crippen LogP) is 0.407. The molecule has 0 amide bonds. The fraction of sp³-hybridized carbons (Fsp3) is 0.0909. The second-order valence-corrected chi connectivity index (χ2v) is 5.62. The van der Waals surface area contributed by atoms with Crippen molar-refractivity contribution in [3.8, 4) is 0 Å². The van der Waals surface area contributed by atoms with E-state index in [1.165, 1.54) is 12.2 Å². The molecule has 0 fully saturated rings. The van der Waals surface area contributed by atoms with E-state index < -0.39 is 24.9 Å². The van der Waals surface area contributed by atoms with Crippen LogP contribution in [0.2, 0.25) is 0 Å². The molecular weight excluding hydrogens is 271 g/mol. The van der Waals surface area contributed by atoms with Gasteiger partial charge in [-0.05, 0) is 11.6 Å². The highest BCUT2D eigenvalue weighted by Gasteiger charge is 2.09. The van der Waals surface area contributed by atoms with E-state index in [4.69, 9.17) is 9.79 Å². The molecule has 8 heteroatoms. The van der Waals surface area contributed by atoms with Crippen molar-refractivity contribution < 1.29 is 14.4 Å². The molecule has 4 N–H and O–H groups in total. The molecule has 0 aliphatic rings. The number of hydrogen-bond acceptors (Lipinski definition) is 3. The fourth-order valence-corrected chi connectivity index (χ4v) is 2.00. The Kier molecular flexibility index (Phi) is 3.53. The first-order valence-electron chi connectivity index (χ1n) is 5.33. The summed E-state index contributed by atoms with van der Waals surface area (Å²) in [5.74, 6) is 0. The van der Waals surface area contributed by atoms with Crippen molar-refractivity contribution in [1.82, 2.24) is 9.97 Å². The van der Waals surface area contributed by atoms with Gasteiger partial charge in [0.2, 0.25) is 0 Å². The van der Waals surface area contributed by atoms with Crippen molar-refractivity contribution in [2.24, 2.45) is 0 Å². The van der Waals surface area contributed by atoms with Gasteiger partial charge in [-0.1, -0.05) is 24.3 Å². The molecule has 1 aromatic heterocycles. The maximum atomic E-state index is 11.3. The van der Waals surface area contributed by atoms with Crippen LogP contribution in [0.5, 0.6) is 0 Å². The highest BCUT2D eigenvalue weighted by molar-refractivity contribution is 7.51. The topological polar surface area (TPSA) is 123 Å². The van der Waals surface area contributed by atoms with Gasteiger partial charge in [-0.15, -0.1) is 0 Å². The van der Waals surface area contributed by atoms with Gasteiger partial charge in [0.15, 0.2) is 0 Å². The van der Waals surface area contributed by atoms with Gasteiger partial charge in [-0.2, -0.15) is 0 Å². The summed E-state index contributed by atoms with van der Waals surface area (Å²) in [6.07, 6.45) is 2.41. The lowest BCUT2D eigenvalue weighted by molar-refractivity contribution is 0.377. The van der Waals surface area contributed by atoms with Gasteiger partial charge in [0.1, 0.15) is 0 Å². The molecule has 1 heterocycles. The Labute approximate surface area is 106 Å². The zero-order chi connectivity index (χ0) is 14.0. The van der Waals surface area contributed by atoms with E-state index in [9.17, 15) is 14.2 Å². The first kappa shape index (κ1) is 13.5. The number of hydrogen-bond donors (Lipinski definition) is 4. The molecule has 0 saturated carbocycles. The van der Waals surface area contributed by atoms with Gasteiger partial charge in [0.25, 0.3) is 0 Å². The van der Waals surface area contributed by atoms with Crippen LogP contribution in [0.3, 0.4) is 0 Å². The Morgan fingerprint density at radius 1 is 1.16 bits per heavy atom. The van der Waals surface area contributed by atoms with Crippen LogP contribution in [0.15, 0.2) is 33.9 Å². The van der Waals surface area contributed by atoms with E-state index in [2.05, 4.69) is 9.97 Å². The van der Waals surface area contributed by atoms with Crippen LogP contribution in [0.1, 0.15) is 5.56 Å². The number of aromatic amines is 2. The van der Waals surface area contributed by atoms with Crippen molar-refractivity contribution >= 4 is 24.7 Å². The highest BCUT2D eigenvalue weighted by atomic mass is 31.2. The number of fused-ring (bicyclic) bond motifs is 1. The maximum Gasteiger partial charge on any atom is 0.329 e. The fourth-order valence-electron chi connectivity index (χ4n) is 1.62. The second kappa shape index (κ2) is 4.97. The molecule has 0 radical (unpaired) electrons. The van der Waals surface area contributed by atoms with E-state index in [1.807, 2.05) is 0 Å². The lowest BCUT2D eigenvalue weighted by Crippen LogP contribution is -2.29. The molecule has 2 rings (SSSR count). The average molecular weight is 282 g/mol. The molecule has 2 aromatic rings. The molecule has 1 aromatic carbocycles. The minimum atomic E-state index is -4.10. The lowest BCUT2D eigenvalue weighted by Gasteiger charge is -2.02. The average Bonchev–Trinajstić information content (AvgIpc) is 2.30. The number of para-hydroxylation sites is 1. The number of rotatable bonds is 3. The van der Waals surface area contributed by atoms with Crippen molar-refractivity contribution in [2.45, 2.75) is 0 Å². The summed E-state index contributed by atoms with van der Waals surface area (Å²) < 4.78 is 10.7. The first-order chi connectivity index (χ1) is 8.87. The van der Waals surface area contributed by atoms with Crippen LogP contribution in [0.25, 0.3) is 17.1 Å². The standard InChI is InChI=1S/C11H11N2O5P/c14-10-11(15)13-9-7(3-1-5-8(9)12-10)4-2-6-19(16,17)18/h1-5H,6H2,(H,12,14)(H,13,15)(H2,16,17,18)/b4-2+. The Bertz CT molecular complexity index is 799. The molecule has 100 valence electrons. The molecular formula is C11H11N2O5P. The third kappa shape index (κ3) is 3.29. The lowest BCUT2D eigenvalue weighted by atomic mass is 10.1. The molecule has 7 nitrogen and oxygen atoms in total. The smallest absolute Gasteiger partial charge is 0.324 e. The number of allylic oxidation sites excluding steroid dienone is 1. The summed E-state index contributed by atoms with van der Waals surface area (Å²) in [4.78, 5) is 44.8. The third-order valence-corrected chi connectivity index (χ3v) is 3.12. The largest absolute Gasteiger partial charge is 0.329 e. The molecule has 0 spiro atoms. The van der Waals surface area contributed by atoms with Crippen molar-refractivity contribution in [3.63, 3.8) is 0 Å². The number of H-pyrrole nitrogens is 2. The maximum absolute atomic E-state index is 11.3. The summed E-state index contributed by atoms with van der Waals surface area (Å²) in [5, 5.41) is 0. The zero-order valence-electron chi connectivity index (χ0n) is 9.66. The minimum absolute atomic E-state index is 0.392. The van der Waals surface area contributed by atoms with Crippen LogP contribution < -0.4 is 11.1 Å². The molecule has 0 aliphatic heterocycles. The predicted molar refractivity (Wildman–Crippen MR) is 71.1 cm³/mol. The summed E-state index contributed by atoms with van der Waals surface area (Å²) in [6.45, 7) is 0. The third-order valence-electron chi connectivity index (χ3n) is 2.43. The Hall–Kier alpha value is -1.95. The summed E-state index contributed by atoms with van der Waals surface area (Å²) in [7, 11) is -4.10. The van der Waals surface area contributed by atoms with Crippen LogP contribution >= 0.6 is 7.60 Å². The van der Waals surface area contributed by atoms with Crippen LogP contribution in [0, 0.1) is 0 Å². The van der Waals surface area contributed by atoms with Gasteiger partial charge in [0.05, 0.1) is 17.2 Å². The van der Waals surface area contributed by atoms with Crippen LogP contribution in [0.4, 0.5) is 0 Å². The molecule has 19 heavy (non-hydrogen) atoms. The SMILES string of the molecule is O=c1[nH]c2cccc(/C=C/CP(=O)(O)O)c2[nH]c1=O. The van der Waals surface area contributed by atoms with E-state index in [0.717, 1.165) is 0 Å². The van der Waals surface area contributed by atoms with E-state index in [0.29, 0.717) is 16.6 Å². The van der Waals surface area contributed by atoms with Crippen LogP contribution in [-0.4, -0.2) is 25.9 Å². The Morgan fingerprint density at radius 3 is 2.53 bits per heavy atom. The van der Waals surface area contributed by atoms with Gasteiger partial charge < -0.3 is 19.8 Å². The molecule has 0 aliphatic carbocycles. The molecule has 0 atom stereocenters. The summed E-state index contributed by atoms with van der Waals surface area (Å²) in [6, 6.07) is 4.94. The van der Waals surface area contributed by atoms with Crippen molar-refractivity contribution in [2.75, 3.05) is 6.16 Å². The zero-order valence-corrected chi connectivity index (χ0v) is 10.6. The molecule has 0 unspecified atom stereocenters. The van der Waals surface area contributed by atoms with E-state index in [1.54, 1.807) is 18.2 Å². The Morgan fingerprint density at radius 2 is 1.84 bits per heavy atom. The van der Waals surface area contributed by atoms with Crippen LogP contribution in [-0.2, 0) is 4.57 Å². The number of nitrogens with one attached hydrogen (secondary N) is 2. The summed E-state index contributed by atoms with van der Waals surface area (Å²) >= 11 is 0. The normalized spacial score (nSPS) is 12.3. The van der Waals surface area contributed by atoms with Crippen molar-refractivity contribution in [1.29, 1.82) is 0 Å². The van der Waals surface area contributed by atoms with E-state index in [-0.39, 0.29) is 0 Å². The molecule has 0 saturated heterocycles. The van der Waals surface area contributed by atoms with Crippen molar-refractivity contribution in [3.05, 3.63) is 50.5 Å². The van der Waals surface area contributed by atoms with Gasteiger partial charge in [-0.25, -0.2) is 0 Å². The monoisotopic (exact) mass is 282 g/mol. The van der Waals surface area contributed by atoms with Gasteiger partial charge >= 0.3 is 18.7 Å². The van der Waals surface area contributed by atoms with Gasteiger partial charge in [-0.3, -0.25) is 14.2 Å². The Balaban J connectivity index is 2.50. The highest BCUT2D eigenvalue weighted by Crippen LogP contribution is 2.34. The quantitative estimate of drug-likeness (QED) is 0.479. The van der Waals surface area contributed by atoms with E-state index >= 15 is 0 Å². The minimum Gasteiger partial charge on any atom is -0.324 e.